The van der Waals surface area contributed by atoms with Gasteiger partial charge in [-0.3, -0.25) is 4.79 Å². The molecule has 0 atom stereocenters. The number of carbonyl (C=O) groups excluding carboxylic acids is 1. The van der Waals surface area contributed by atoms with Crippen LogP contribution in [-0.2, 0) is 16.2 Å². The molecule has 8 heteroatoms. The monoisotopic (exact) mass is 340 g/mol. The molecule has 1 N–H and O–H groups in total. The van der Waals surface area contributed by atoms with Crippen LogP contribution in [0.2, 0.25) is 0 Å². The fourth-order valence-corrected chi connectivity index (χ4v) is 2.06. The highest BCUT2D eigenvalue weighted by molar-refractivity contribution is 5.99. The average molecular weight is 340 g/mol. The van der Waals surface area contributed by atoms with Gasteiger partial charge in [0.15, 0.2) is 6.61 Å². The van der Waals surface area contributed by atoms with Crippen LogP contribution in [0.3, 0.4) is 0 Å². The molecule has 0 radical (unpaired) electrons. The van der Waals surface area contributed by atoms with Crippen LogP contribution in [0, 0.1) is 0 Å². The van der Waals surface area contributed by atoms with Crippen molar-refractivity contribution >= 4 is 17.3 Å². The molecule has 2 heterocycles. The number of nitrogens with one attached hydrogen (secondary N) is 1. The second kappa shape index (κ2) is 7.43. The minimum Gasteiger partial charge on any atom is -0.472 e. The van der Waals surface area contributed by atoms with E-state index in [1.807, 2.05) is 19.1 Å². The molecule has 8 nitrogen and oxygen atoms in total. The first kappa shape index (κ1) is 16.4. The van der Waals surface area contributed by atoms with Gasteiger partial charge in [-0.05, 0) is 30.7 Å². The molecule has 1 amide bonds. The quantitative estimate of drug-likeness (QED) is 0.546. The minimum atomic E-state index is -0.115. The summed E-state index contributed by atoms with van der Waals surface area (Å²) in [5.41, 5.74) is 3.01. The number of hydrogen-bond acceptors (Lipinski definition) is 7. The molecule has 0 aliphatic carbocycles. The summed E-state index contributed by atoms with van der Waals surface area (Å²) in [6.07, 6.45) is 3.06. The fraction of sp³-hybridized carbons (Fsp3) is 0.176. The van der Waals surface area contributed by atoms with Crippen LogP contribution in [0.1, 0.15) is 25.3 Å². The Morgan fingerprint density at radius 2 is 2.04 bits per heavy atom. The minimum absolute atomic E-state index is 0.0617. The number of aromatic nitrogens is 2. The van der Waals surface area contributed by atoms with Gasteiger partial charge in [0, 0.05) is 12.6 Å². The van der Waals surface area contributed by atoms with E-state index >= 15 is 0 Å². The Bertz CT molecular complexity index is 866. The number of hydrogen-bond donors (Lipinski definition) is 1. The molecule has 0 unspecified atom stereocenters. The lowest BCUT2D eigenvalue weighted by Crippen LogP contribution is -2.06. The van der Waals surface area contributed by atoms with Gasteiger partial charge in [-0.15, -0.1) is 0 Å². The van der Waals surface area contributed by atoms with E-state index in [4.69, 9.17) is 13.8 Å². The average Bonchev–Trinajstić information content (AvgIpc) is 3.26. The molecule has 128 valence electrons. The summed E-state index contributed by atoms with van der Waals surface area (Å²) in [6, 6.07) is 9.02. The zero-order valence-corrected chi connectivity index (χ0v) is 13.7. The molecule has 0 fully saturated rings. The van der Waals surface area contributed by atoms with Crippen molar-refractivity contribution in [2.24, 2.45) is 5.16 Å². The van der Waals surface area contributed by atoms with Crippen LogP contribution in [0.15, 0.2) is 57.0 Å². The van der Waals surface area contributed by atoms with Crippen LogP contribution in [0.25, 0.3) is 11.4 Å². The number of nitrogens with zero attached hydrogens (tertiary/aromatic N) is 3. The maximum absolute atomic E-state index is 11.0. The smallest absolute Gasteiger partial charge is 0.267 e. The normalized spacial score (nSPS) is 11.4. The molecular weight excluding hydrogens is 324 g/mol. The van der Waals surface area contributed by atoms with Crippen LogP contribution in [0.5, 0.6) is 0 Å². The number of amides is 1. The molecule has 0 saturated carbocycles. The number of furan rings is 1. The van der Waals surface area contributed by atoms with E-state index in [1.54, 1.807) is 18.2 Å². The van der Waals surface area contributed by atoms with Crippen molar-refractivity contribution in [2.45, 2.75) is 20.5 Å². The molecular formula is C17H16N4O4. The van der Waals surface area contributed by atoms with E-state index in [0.717, 1.165) is 16.8 Å². The van der Waals surface area contributed by atoms with Crippen LogP contribution in [-0.4, -0.2) is 21.8 Å². The maximum Gasteiger partial charge on any atom is 0.267 e. The Morgan fingerprint density at radius 3 is 2.72 bits per heavy atom. The fourth-order valence-electron chi connectivity index (χ4n) is 2.06. The molecule has 25 heavy (non-hydrogen) atoms. The topological polar surface area (TPSA) is 103 Å². The highest BCUT2D eigenvalue weighted by Crippen LogP contribution is 2.16. The number of rotatable bonds is 6. The Kier molecular flexibility index (Phi) is 4.89. The van der Waals surface area contributed by atoms with Gasteiger partial charge in [0.2, 0.25) is 11.7 Å². The first-order valence-electron chi connectivity index (χ1n) is 7.51. The lowest BCUT2D eigenvalue weighted by atomic mass is 10.1. The summed E-state index contributed by atoms with van der Waals surface area (Å²) >= 11 is 0. The van der Waals surface area contributed by atoms with Crippen molar-refractivity contribution < 1.29 is 18.6 Å². The molecule has 0 saturated heterocycles. The standard InChI is InChI=1S/C17H16N4O4/c1-11(13-3-5-15(6-4-13)18-12(2)22)20-24-10-16-19-17(21-25-16)14-7-8-23-9-14/h3-9H,10H2,1-2H3,(H,18,22). The molecule has 2 aromatic heterocycles. The molecule has 0 bridgehead atoms. The maximum atomic E-state index is 11.0. The van der Waals surface area contributed by atoms with Crippen molar-refractivity contribution in [1.29, 1.82) is 0 Å². The van der Waals surface area contributed by atoms with Crippen molar-refractivity contribution in [3.8, 4) is 11.4 Å². The number of benzene rings is 1. The zero-order chi connectivity index (χ0) is 17.6. The lowest BCUT2D eigenvalue weighted by molar-refractivity contribution is -0.114. The van der Waals surface area contributed by atoms with Gasteiger partial charge in [-0.25, -0.2) is 0 Å². The van der Waals surface area contributed by atoms with Crippen molar-refractivity contribution in [1.82, 2.24) is 10.1 Å². The summed E-state index contributed by atoms with van der Waals surface area (Å²) in [5.74, 6) is 0.631. The van der Waals surface area contributed by atoms with E-state index in [1.165, 1.54) is 19.5 Å². The van der Waals surface area contributed by atoms with Crippen LogP contribution in [0.4, 0.5) is 5.69 Å². The Labute approximate surface area is 143 Å². The van der Waals surface area contributed by atoms with Gasteiger partial charge < -0.3 is 19.1 Å². The summed E-state index contributed by atoms with van der Waals surface area (Å²) in [6.45, 7) is 3.34. The van der Waals surface area contributed by atoms with Crippen molar-refractivity contribution in [3.63, 3.8) is 0 Å². The summed E-state index contributed by atoms with van der Waals surface area (Å²) < 4.78 is 10.1. The molecule has 3 rings (SSSR count). The SMILES string of the molecule is CC(=O)Nc1ccc(C(C)=NOCc2nc(-c3ccoc3)no2)cc1. The van der Waals surface area contributed by atoms with Gasteiger partial charge in [-0.1, -0.05) is 22.4 Å². The highest BCUT2D eigenvalue weighted by Gasteiger charge is 2.10. The predicted octanol–water partition coefficient (Wildman–Crippen LogP) is 3.23. The highest BCUT2D eigenvalue weighted by atomic mass is 16.6. The summed E-state index contributed by atoms with van der Waals surface area (Å²) in [4.78, 5) is 20.5. The Morgan fingerprint density at radius 1 is 1.24 bits per heavy atom. The van der Waals surface area contributed by atoms with Gasteiger partial charge in [0.1, 0.15) is 6.26 Å². The van der Waals surface area contributed by atoms with Crippen molar-refractivity contribution in [3.05, 3.63) is 54.3 Å². The van der Waals surface area contributed by atoms with E-state index < -0.39 is 0 Å². The molecule has 0 aliphatic rings. The van der Waals surface area contributed by atoms with Gasteiger partial charge in [0.05, 0.1) is 17.5 Å². The third-order valence-electron chi connectivity index (χ3n) is 3.26. The Hall–Kier alpha value is -3.42. The molecule has 3 aromatic rings. The first-order chi connectivity index (χ1) is 12.1. The van der Waals surface area contributed by atoms with E-state index in [0.29, 0.717) is 17.4 Å². The lowest BCUT2D eigenvalue weighted by Gasteiger charge is -2.04. The first-order valence-corrected chi connectivity index (χ1v) is 7.51. The Balaban J connectivity index is 1.57. The van der Waals surface area contributed by atoms with E-state index in [-0.39, 0.29) is 12.5 Å². The number of anilines is 1. The zero-order valence-electron chi connectivity index (χ0n) is 13.7. The third kappa shape index (κ3) is 4.31. The largest absolute Gasteiger partial charge is 0.472 e. The molecule has 0 spiro atoms. The summed E-state index contributed by atoms with van der Waals surface area (Å²) in [5, 5.41) is 10.6. The van der Waals surface area contributed by atoms with E-state index in [9.17, 15) is 4.79 Å². The summed E-state index contributed by atoms with van der Waals surface area (Å²) in [7, 11) is 0. The number of carbonyl (C=O) groups is 1. The molecule has 1 aromatic carbocycles. The van der Waals surface area contributed by atoms with Crippen LogP contribution < -0.4 is 5.32 Å². The molecule has 0 aliphatic heterocycles. The van der Waals surface area contributed by atoms with Gasteiger partial charge in [0.25, 0.3) is 5.89 Å². The van der Waals surface area contributed by atoms with Crippen molar-refractivity contribution in [2.75, 3.05) is 5.32 Å². The van der Waals surface area contributed by atoms with Crippen LogP contribution >= 0.6 is 0 Å². The van der Waals surface area contributed by atoms with Gasteiger partial charge >= 0.3 is 0 Å². The second-order valence-corrected chi connectivity index (χ2v) is 5.23. The second-order valence-electron chi connectivity index (χ2n) is 5.23. The van der Waals surface area contributed by atoms with Gasteiger partial charge in [-0.2, -0.15) is 4.98 Å². The number of oxime groups is 1. The van der Waals surface area contributed by atoms with E-state index in [2.05, 4.69) is 20.6 Å². The predicted molar refractivity (Wildman–Crippen MR) is 89.7 cm³/mol. The third-order valence-corrected chi connectivity index (χ3v) is 3.26.